The van der Waals surface area contributed by atoms with Crippen molar-refractivity contribution >= 4 is 11.9 Å². The average molecular weight is 324 g/mol. The highest BCUT2D eigenvalue weighted by molar-refractivity contribution is 5.81. The molecule has 23 heavy (non-hydrogen) atoms. The second-order valence-electron chi connectivity index (χ2n) is 6.85. The Labute approximate surface area is 138 Å². The topological polar surface area (TPSA) is 70.1 Å². The smallest absolute Gasteiger partial charge is 0.313 e. The fraction of sp³-hybridized carbons (Fsp3) is 0.765. The van der Waals surface area contributed by atoms with E-state index in [0.29, 0.717) is 39.3 Å². The van der Waals surface area contributed by atoms with Gasteiger partial charge in [-0.2, -0.15) is 0 Å². The van der Waals surface area contributed by atoms with Crippen LogP contribution < -0.4 is 0 Å². The van der Waals surface area contributed by atoms with Crippen molar-refractivity contribution in [1.82, 2.24) is 9.80 Å². The van der Waals surface area contributed by atoms with Crippen molar-refractivity contribution in [3.63, 3.8) is 0 Å². The van der Waals surface area contributed by atoms with Crippen LogP contribution in [0, 0.1) is 11.3 Å². The summed E-state index contributed by atoms with van der Waals surface area (Å²) < 4.78 is 5.22. The number of amides is 1. The van der Waals surface area contributed by atoms with Gasteiger partial charge in [0.05, 0.1) is 13.0 Å². The zero-order valence-corrected chi connectivity index (χ0v) is 14.4. The molecule has 0 bridgehead atoms. The quantitative estimate of drug-likeness (QED) is 0.563. The zero-order chi connectivity index (χ0) is 17.0. The summed E-state index contributed by atoms with van der Waals surface area (Å²) in [5.41, 5.74) is 0.427. The lowest BCUT2D eigenvalue weighted by atomic mass is 9.81. The van der Waals surface area contributed by atoms with E-state index in [1.165, 1.54) is 5.57 Å². The molecule has 6 heteroatoms. The molecule has 0 spiro atoms. The Morgan fingerprint density at radius 2 is 2.04 bits per heavy atom. The van der Waals surface area contributed by atoms with Crippen LogP contribution in [0.3, 0.4) is 0 Å². The molecule has 0 unspecified atom stereocenters. The number of carbonyl (C=O) groups is 2. The number of ether oxygens (including phenoxy) is 1. The van der Waals surface area contributed by atoms with Gasteiger partial charge in [0.2, 0.25) is 5.91 Å². The SMILES string of the molecule is CCOCCC(=O)N1C[C@@H]2CN(CC=C(C)C)C[C@]2(C(=O)O)C1. The highest BCUT2D eigenvalue weighted by Gasteiger charge is 2.58. The van der Waals surface area contributed by atoms with Gasteiger partial charge in [0.1, 0.15) is 5.41 Å². The lowest BCUT2D eigenvalue weighted by molar-refractivity contribution is -0.149. The summed E-state index contributed by atoms with van der Waals surface area (Å²) in [6, 6.07) is 0. The Hall–Kier alpha value is -1.40. The van der Waals surface area contributed by atoms with Gasteiger partial charge in [-0.25, -0.2) is 0 Å². The Balaban J connectivity index is 1.99. The van der Waals surface area contributed by atoms with Crippen LogP contribution in [0.4, 0.5) is 0 Å². The van der Waals surface area contributed by atoms with Crippen LogP contribution in [0.5, 0.6) is 0 Å². The molecule has 1 N–H and O–H groups in total. The van der Waals surface area contributed by atoms with E-state index in [0.717, 1.165) is 13.1 Å². The molecule has 2 aliphatic heterocycles. The van der Waals surface area contributed by atoms with Gasteiger partial charge in [-0.1, -0.05) is 11.6 Å². The molecule has 0 aromatic rings. The number of nitrogens with zero attached hydrogens (tertiary/aromatic N) is 2. The molecule has 0 aliphatic carbocycles. The number of aliphatic carboxylic acids is 1. The van der Waals surface area contributed by atoms with Crippen molar-refractivity contribution in [2.45, 2.75) is 27.2 Å². The lowest BCUT2D eigenvalue weighted by Gasteiger charge is -2.25. The summed E-state index contributed by atoms with van der Waals surface area (Å²) in [6.45, 7) is 9.89. The van der Waals surface area contributed by atoms with Crippen molar-refractivity contribution in [1.29, 1.82) is 0 Å². The number of carboxylic acid groups (broad SMARTS) is 1. The number of fused-ring (bicyclic) bond motifs is 1. The fourth-order valence-electron chi connectivity index (χ4n) is 3.57. The third-order valence-corrected chi connectivity index (χ3v) is 4.88. The van der Waals surface area contributed by atoms with Crippen LogP contribution in [0.2, 0.25) is 0 Å². The third kappa shape index (κ3) is 3.93. The van der Waals surface area contributed by atoms with Gasteiger partial charge in [-0.15, -0.1) is 0 Å². The number of carboxylic acids is 1. The van der Waals surface area contributed by atoms with E-state index < -0.39 is 11.4 Å². The van der Waals surface area contributed by atoms with Crippen LogP contribution in [-0.4, -0.2) is 72.7 Å². The Morgan fingerprint density at radius 1 is 1.30 bits per heavy atom. The summed E-state index contributed by atoms with van der Waals surface area (Å²) in [6.07, 6.45) is 2.46. The molecular weight excluding hydrogens is 296 g/mol. The maximum Gasteiger partial charge on any atom is 0.313 e. The van der Waals surface area contributed by atoms with Gasteiger partial charge in [0.25, 0.3) is 0 Å². The maximum atomic E-state index is 12.2. The van der Waals surface area contributed by atoms with Crippen molar-refractivity contribution in [2.24, 2.45) is 11.3 Å². The van der Waals surface area contributed by atoms with E-state index in [9.17, 15) is 14.7 Å². The van der Waals surface area contributed by atoms with E-state index in [2.05, 4.69) is 11.0 Å². The van der Waals surface area contributed by atoms with Gasteiger partial charge < -0.3 is 14.7 Å². The van der Waals surface area contributed by atoms with E-state index >= 15 is 0 Å². The summed E-state index contributed by atoms with van der Waals surface area (Å²) >= 11 is 0. The van der Waals surface area contributed by atoms with Gasteiger partial charge in [0.15, 0.2) is 0 Å². The number of hydrogen-bond acceptors (Lipinski definition) is 4. The molecule has 1 amide bonds. The third-order valence-electron chi connectivity index (χ3n) is 4.88. The van der Waals surface area contributed by atoms with Crippen LogP contribution in [0.15, 0.2) is 11.6 Å². The molecule has 0 aromatic carbocycles. The minimum absolute atomic E-state index is 0.00400. The van der Waals surface area contributed by atoms with E-state index in [4.69, 9.17) is 4.74 Å². The fourth-order valence-corrected chi connectivity index (χ4v) is 3.57. The highest BCUT2D eigenvalue weighted by Crippen LogP contribution is 2.42. The molecule has 2 fully saturated rings. The number of allylic oxidation sites excluding steroid dienone is 1. The van der Waals surface area contributed by atoms with Crippen molar-refractivity contribution in [2.75, 3.05) is 45.9 Å². The Kier molecular flexibility index (Phi) is 5.81. The van der Waals surface area contributed by atoms with Gasteiger partial charge in [-0.3, -0.25) is 14.5 Å². The molecule has 2 heterocycles. The largest absolute Gasteiger partial charge is 0.481 e. The van der Waals surface area contributed by atoms with Gasteiger partial charge in [-0.05, 0) is 20.8 Å². The van der Waals surface area contributed by atoms with E-state index in [1.807, 2.05) is 20.8 Å². The standard InChI is InChI=1S/C17H28N2O4/c1-4-23-8-6-15(20)19-10-14-9-18(7-5-13(2)3)11-17(14,12-19)16(21)22/h5,14H,4,6-12H2,1-3H3,(H,21,22)/t14-,17-/m0/s1. The monoisotopic (exact) mass is 324 g/mol. The van der Waals surface area contributed by atoms with E-state index in [-0.39, 0.29) is 11.8 Å². The molecule has 2 saturated heterocycles. The number of likely N-dealkylation sites (tertiary alicyclic amines) is 2. The zero-order valence-electron chi connectivity index (χ0n) is 14.4. The minimum atomic E-state index is -0.809. The van der Waals surface area contributed by atoms with Crippen molar-refractivity contribution in [3.05, 3.63) is 11.6 Å². The second-order valence-corrected chi connectivity index (χ2v) is 6.85. The Bertz CT molecular complexity index is 487. The molecule has 0 radical (unpaired) electrons. The van der Waals surface area contributed by atoms with Crippen molar-refractivity contribution in [3.8, 4) is 0 Å². The minimum Gasteiger partial charge on any atom is -0.481 e. The van der Waals surface area contributed by atoms with Crippen LogP contribution in [-0.2, 0) is 14.3 Å². The molecular formula is C17H28N2O4. The first kappa shape index (κ1) is 17.9. The first-order chi connectivity index (χ1) is 10.9. The van der Waals surface area contributed by atoms with Crippen molar-refractivity contribution < 1.29 is 19.4 Å². The number of rotatable bonds is 7. The predicted octanol–water partition coefficient (Wildman–Crippen LogP) is 1.22. The Morgan fingerprint density at radius 3 is 2.61 bits per heavy atom. The van der Waals surface area contributed by atoms with Gasteiger partial charge >= 0.3 is 5.97 Å². The molecule has 130 valence electrons. The molecule has 2 aliphatic rings. The summed E-state index contributed by atoms with van der Waals surface area (Å²) in [5.74, 6) is -0.756. The molecule has 6 nitrogen and oxygen atoms in total. The van der Waals surface area contributed by atoms with Crippen LogP contribution >= 0.6 is 0 Å². The summed E-state index contributed by atoms with van der Waals surface area (Å²) in [7, 11) is 0. The lowest BCUT2D eigenvalue weighted by Crippen LogP contribution is -2.42. The highest BCUT2D eigenvalue weighted by atomic mass is 16.5. The first-order valence-electron chi connectivity index (χ1n) is 8.33. The number of hydrogen-bond donors (Lipinski definition) is 1. The van der Waals surface area contributed by atoms with E-state index in [1.54, 1.807) is 4.90 Å². The molecule has 2 rings (SSSR count). The maximum absolute atomic E-state index is 12.2. The first-order valence-corrected chi connectivity index (χ1v) is 8.33. The van der Waals surface area contributed by atoms with Crippen LogP contribution in [0.25, 0.3) is 0 Å². The predicted molar refractivity (Wildman–Crippen MR) is 87.1 cm³/mol. The normalized spacial score (nSPS) is 27.1. The molecule has 0 aromatic heterocycles. The average Bonchev–Trinajstić information content (AvgIpc) is 3.00. The van der Waals surface area contributed by atoms with Gasteiger partial charge in [0, 0.05) is 45.2 Å². The molecule has 0 saturated carbocycles. The summed E-state index contributed by atoms with van der Waals surface area (Å²) in [5, 5.41) is 9.78. The second kappa shape index (κ2) is 7.45. The van der Waals surface area contributed by atoms with Crippen LogP contribution in [0.1, 0.15) is 27.2 Å². The number of carbonyl (C=O) groups excluding carboxylic acids is 1. The summed E-state index contributed by atoms with van der Waals surface area (Å²) in [4.78, 5) is 28.1. The molecule has 2 atom stereocenters.